The first-order valence-corrected chi connectivity index (χ1v) is 7.04. The molecule has 3 heterocycles. The zero-order valence-corrected chi connectivity index (χ0v) is 12.2. The fourth-order valence-corrected chi connectivity index (χ4v) is 3.02. The van der Waals surface area contributed by atoms with Gasteiger partial charge in [0.05, 0.1) is 5.56 Å². The van der Waals surface area contributed by atoms with Gasteiger partial charge in [-0.1, -0.05) is 12.1 Å². The molecule has 0 unspecified atom stereocenters. The van der Waals surface area contributed by atoms with Crippen molar-refractivity contribution in [2.24, 2.45) is 7.05 Å². The Hall–Kier alpha value is -3.03. The van der Waals surface area contributed by atoms with Crippen molar-refractivity contribution in [3.8, 4) is 0 Å². The molecule has 0 fully saturated rings. The number of benzene rings is 1. The number of anilines is 1. The molecule has 116 valence electrons. The monoisotopic (exact) mass is 313 g/mol. The third-order valence-electron chi connectivity index (χ3n) is 4.08. The van der Waals surface area contributed by atoms with E-state index in [2.05, 4.69) is 15.4 Å². The highest BCUT2D eigenvalue weighted by molar-refractivity contribution is 5.94. The maximum Gasteiger partial charge on any atom is 0.260 e. The van der Waals surface area contributed by atoms with Crippen LogP contribution in [0.1, 0.15) is 23.5 Å². The van der Waals surface area contributed by atoms with Gasteiger partial charge in [-0.25, -0.2) is 4.39 Å². The minimum absolute atomic E-state index is 0.0753. The van der Waals surface area contributed by atoms with E-state index in [4.69, 9.17) is 0 Å². The first kappa shape index (κ1) is 13.6. The molecule has 0 aliphatic carbocycles. The molecule has 1 N–H and O–H groups in total. The fourth-order valence-electron chi connectivity index (χ4n) is 3.02. The minimum atomic E-state index is -0.526. The van der Waals surface area contributed by atoms with Crippen LogP contribution in [0.15, 0.2) is 35.4 Å². The van der Waals surface area contributed by atoms with Gasteiger partial charge in [-0.2, -0.15) is 14.6 Å². The molecule has 1 aliphatic heterocycles. The Morgan fingerprint density at radius 1 is 1.35 bits per heavy atom. The van der Waals surface area contributed by atoms with Crippen LogP contribution >= 0.6 is 0 Å². The Kier molecular flexibility index (Phi) is 2.80. The summed E-state index contributed by atoms with van der Waals surface area (Å²) in [5.41, 5.74) is 0.683. The van der Waals surface area contributed by atoms with E-state index < -0.39 is 11.7 Å². The predicted molar refractivity (Wildman–Crippen MR) is 79.7 cm³/mol. The molecule has 0 bridgehead atoms. The summed E-state index contributed by atoms with van der Waals surface area (Å²) in [6, 6.07) is 5.94. The molecule has 8 heteroatoms. The number of rotatable bonds is 1. The molecule has 0 spiro atoms. The van der Waals surface area contributed by atoms with Crippen molar-refractivity contribution < 1.29 is 9.18 Å². The number of aromatic nitrogens is 4. The van der Waals surface area contributed by atoms with Crippen molar-refractivity contribution in [2.75, 3.05) is 5.32 Å². The first-order chi connectivity index (χ1) is 11.1. The van der Waals surface area contributed by atoms with Crippen molar-refractivity contribution in [1.29, 1.82) is 0 Å². The third kappa shape index (κ3) is 1.95. The number of aryl methyl sites for hydroxylation is 1. The summed E-state index contributed by atoms with van der Waals surface area (Å²) in [5.74, 6) is -0.563. The molecule has 1 aliphatic rings. The SMILES string of the molecule is Cn1c(=O)c2c(n3ncnc13)NC(=O)C[C@H]2c1cccc(F)c1. The Balaban J connectivity index is 2.05. The maximum atomic E-state index is 13.6. The van der Waals surface area contributed by atoms with Gasteiger partial charge in [-0.05, 0) is 17.7 Å². The van der Waals surface area contributed by atoms with Crippen molar-refractivity contribution in [3.05, 3.63) is 57.9 Å². The zero-order valence-electron chi connectivity index (χ0n) is 12.2. The lowest BCUT2D eigenvalue weighted by molar-refractivity contribution is -0.116. The molecule has 0 saturated carbocycles. The molecule has 0 radical (unpaired) electrons. The molecule has 1 amide bonds. The Labute approximate surface area is 129 Å². The van der Waals surface area contributed by atoms with Crippen LogP contribution in [0.25, 0.3) is 5.78 Å². The van der Waals surface area contributed by atoms with E-state index in [9.17, 15) is 14.0 Å². The van der Waals surface area contributed by atoms with Gasteiger partial charge in [-0.3, -0.25) is 14.2 Å². The van der Waals surface area contributed by atoms with Gasteiger partial charge < -0.3 is 5.32 Å². The standard InChI is InChI=1S/C15H12FN5O2/c1-20-14(23)12-10(8-3-2-4-9(16)5-8)6-11(22)19-13(12)21-15(20)17-7-18-21/h2-5,7,10H,6H2,1H3,(H,19,22)/t10-/m0/s1. The van der Waals surface area contributed by atoms with E-state index in [0.717, 1.165) is 0 Å². The Bertz CT molecular complexity index is 1010. The number of hydrogen-bond acceptors (Lipinski definition) is 4. The number of carbonyl (C=O) groups excluding carboxylic acids is 1. The van der Waals surface area contributed by atoms with E-state index in [0.29, 0.717) is 22.7 Å². The molecule has 3 aromatic rings. The molecule has 1 aromatic carbocycles. The number of carbonyl (C=O) groups is 1. The normalized spacial score (nSPS) is 17.1. The van der Waals surface area contributed by atoms with Crippen LogP contribution in [0.5, 0.6) is 0 Å². The van der Waals surface area contributed by atoms with E-state index in [1.54, 1.807) is 19.2 Å². The van der Waals surface area contributed by atoms with Gasteiger partial charge >= 0.3 is 0 Å². The summed E-state index contributed by atoms with van der Waals surface area (Å²) < 4.78 is 16.4. The van der Waals surface area contributed by atoms with Crippen LogP contribution in [0.2, 0.25) is 0 Å². The Morgan fingerprint density at radius 2 is 2.17 bits per heavy atom. The second-order valence-electron chi connectivity index (χ2n) is 5.46. The zero-order chi connectivity index (χ0) is 16.1. The molecule has 4 rings (SSSR count). The smallest absolute Gasteiger partial charge is 0.260 e. The van der Waals surface area contributed by atoms with Crippen LogP contribution in [0.3, 0.4) is 0 Å². The number of fused-ring (bicyclic) bond motifs is 3. The van der Waals surface area contributed by atoms with Crippen LogP contribution < -0.4 is 10.9 Å². The van der Waals surface area contributed by atoms with E-state index >= 15 is 0 Å². The number of amides is 1. The quantitative estimate of drug-likeness (QED) is 0.728. The summed E-state index contributed by atoms with van der Waals surface area (Å²) in [7, 11) is 1.59. The van der Waals surface area contributed by atoms with E-state index in [1.165, 1.54) is 27.5 Å². The van der Waals surface area contributed by atoms with Gasteiger partial charge in [0.25, 0.3) is 5.56 Å². The first-order valence-electron chi connectivity index (χ1n) is 7.04. The van der Waals surface area contributed by atoms with Crippen LogP contribution in [0, 0.1) is 5.82 Å². The number of hydrogen-bond donors (Lipinski definition) is 1. The van der Waals surface area contributed by atoms with Crippen molar-refractivity contribution in [2.45, 2.75) is 12.3 Å². The minimum Gasteiger partial charge on any atom is -0.310 e. The molecule has 0 saturated heterocycles. The molecule has 23 heavy (non-hydrogen) atoms. The molecule has 1 atom stereocenters. The van der Waals surface area contributed by atoms with Crippen molar-refractivity contribution >= 4 is 17.5 Å². The molecular weight excluding hydrogens is 301 g/mol. The van der Waals surface area contributed by atoms with Gasteiger partial charge in [0.1, 0.15) is 18.0 Å². The van der Waals surface area contributed by atoms with Crippen LogP contribution in [0.4, 0.5) is 10.2 Å². The van der Waals surface area contributed by atoms with Gasteiger partial charge in [0, 0.05) is 19.4 Å². The number of nitrogens with zero attached hydrogens (tertiary/aromatic N) is 4. The third-order valence-corrected chi connectivity index (χ3v) is 4.08. The average molecular weight is 313 g/mol. The largest absolute Gasteiger partial charge is 0.310 e. The second kappa shape index (κ2) is 4.73. The highest BCUT2D eigenvalue weighted by atomic mass is 19.1. The highest BCUT2D eigenvalue weighted by Crippen LogP contribution is 2.34. The maximum absolute atomic E-state index is 13.6. The van der Waals surface area contributed by atoms with E-state index in [-0.39, 0.29) is 17.9 Å². The predicted octanol–water partition coefficient (Wildman–Crippen LogP) is 1.04. The summed E-state index contributed by atoms with van der Waals surface area (Å²) in [6.07, 6.45) is 1.39. The molecule has 2 aromatic heterocycles. The highest BCUT2D eigenvalue weighted by Gasteiger charge is 2.32. The summed E-state index contributed by atoms with van der Waals surface area (Å²) in [4.78, 5) is 28.8. The van der Waals surface area contributed by atoms with Crippen LogP contribution in [-0.2, 0) is 11.8 Å². The number of halogens is 1. The lowest BCUT2D eigenvalue weighted by atomic mass is 9.87. The van der Waals surface area contributed by atoms with Gasteiger partial charge in [0.2, 0.25) is 11.7 Å². The average Bonchev–Trinajstić information content (AvgIpc) is 3.01. The molecule has 7 nitrogen and oxygen atoms in total. The lowest BCUT2D eigenvalue weighted by Crippen LogP contribution is -2.35. The fraction of sp³-hybridized carbons (Fsp3) is 0.200. The summed E-state index contributed by atoms with van der Waals surface area (Å²) >= 11 is 0. The summed E-state index contributed by atoms with van der Waals surface area (Å²) in [5, 5.41) is 6.76. The van der Waals surface area contributed by atoms with Gasteiger partial charge in [-0.15, -0.1) is 0 Å². The number of nitrogens with one attached hydrogen (secondary N) is 1. The summed E-state index contributed by atoms with van der Waals surface area (Å²) in [6.45, 7) is 0. The van der Waals surface area contributed by atoms with Gasteiger partial charge in [0.15, 0.2) is 0 Å². The van der Waals surface area contributed by atoms with Crippen molar-refractivity contribution in [3.63, 3.8) is 0 Å². The lowest BCUT2D eigenvalue weighted by Gasteiger charge is -2.26. The van der Waals surface area contributed by atoms with E-state index in [1.807, 2.05) is 0 Å². The Morgan fingerprint density at radius 3 is 2.96 bits per heavy atom. The van der Waals surface area contributed by atoms with Crippen molar-refractivity contribution in [1.82, 2.24) is 19.2 Å². The van der Waals surface area contributed by atoms with Crippen LogP contribution in [-0.4, -0.2) is 25.1 Å². The second-order valence-corrected chi connectivity index (χ2v) is 5.46. The topological polar surface area (TPSA) is 81.3 Å². The molecular formula is C15H12FN5O2.